The summed E-state index contributed by atoms with van der Waals surface area (Å²) in [5, 5.41) is 0. The molecule has 0 unspecified atom stereocenters. The van der Waals surface area contributed by atoms with Crippen LogP contribution in [0.3, 0.4) is 0 Å². The molecule has 1 fully saturated rings. The molecule has 1 aromatic carbocycles. The molecule has 17 heavy (non-hydrogen) atoms. The highest BCUT2D eigenvalue weighted by molar-refractivity contribution is 5.36. The minimum Gasteiger partial charge on any atom is -0.496 e. The van der Waals surface area contributed by atoms with Crippen LogP contribution in [0.1, 0.15) is 43.7 Å². The predicted molar refractivity (Wildman–Crippen MR) is 66.5 cm³/mol. The minimum atomic E-state index is -0.276. The fourth-order valence-corrected chi connectivity index (χ4v) is 2.71. The molecule has 1 aromatic rings. The van der Waals surface area contributed by atoms with E-state index in [1.54, 1.807) is 13.2 Å². The van der Waals surface area contributed by atoms with Crippen LogP contribution in [0.4, 0.5) is 4.39 Å². The van der Waals surface area contributed by atoms with Gasteiger partial charge in [0.1, 0.15) is 11.6 Å². The van der Waals surface area contributed by atoms with Gasteiger partial charge in [-0.15, -0.1) is 0 Å². The molecule has 2 nitrogen and oxygen atoms in total. The number of hydrogen-bond acceptors (Lipinski definition) is 2. The van der Waals surface area contributed by atoms with E-state index < -0.39 is 0 Å². The van der Waals surface area contributed by atoms with Gasteiger partial charge in [0, 0.05) is 17.7 Å². The van der Waals surface area contributed by atoms with Crippen molar-refractivity contribution in [2.45, 2.75) is 38.1 Å². The van der Waals surface area contributed by atoms with Crippen LogP contribution in [0, 0.1) is 11.7 Å². The smallest absolute Gasteiger partial charge is 0.126 e. The van der Waals surface area contributed by atoms with Crippen molar-refractivity contribution >= 4 is 0 Å². The van der Waals surface area contributed by atoms with Gasteiger partial charge >= 0.3 is 0 Å². The Labute approximate surface area is 102 Å². The SMILES string of the molecule is COc1cc(F)ccc1[C@H](N)C1CCCCC1. The van der Waals surface area contributed by atoms with Crippen molar-refractivity contribution in [1.29, 1.82) is 0 Å². The second-order valence-electron chi connectivity index (χ2n) is 4.81. The molecule has 3 heteroatoms. The third-order valence-electron chi connectivity index (χ3n) is 3.71. The summed E-state index contributed by atoms with van der Waals surface area (Å²) in [6.45, 7) is 0. The summed E-state index contributed by atoms with van der Waals surface area (Å²) in [5.41, 5.74) is 7.23. The molecule has 1 aliphatic rings. The van der Waals surface area contributed by atoms with Crippen molar-refractivity contribution < 1.29 is 9.13 Å². The standard InChI is InChI=1S/C14H20FNO/c1-17-13-9-11(15)7-8-12(13)14(16)10-5-3-2-4-6-10/h7-10,14H,2-6,16H2,1H3/t14-/m1/s1. The number of methoxy groups -OCH3 is 1. The van der Waals surface area contributed by atoms with Gasteiger partial charge in [0.05, 0.1) is 7.11 Å². The molecule has 0 spiro atoms. The van der Waals surface area contributed by atoms with E-state index >= 15 is 0 Å². The first-order chi connectivity index (χ1) is 8.22. The Hall–Kier alpha value is -1.09. The Morgan fingerprint density at radius 3 is 2.65 bits per heavy atom. The zero-order valence-electron chi connectivity index (χ0n) is 10.3. The minimum absolute atomic E-state index is 0.0363. The van der Waals surface area contributed by atoms with Crippen molar-refractivity contribution in [3.63, 3.8) is 0 Å². The van der Waals surface area contributed by atoms with E-state index in [9.17, 15) is 4.39 Å². The zero-order chi connectivity index (χ0) is 12.3. The molecule has 1 aliphatic carbocycles. The molecule has 94 valence electrons. The normalized spacial score (nSPS) is 19.0. The zero-order valence-corrected chi connectivity index (χ0v) is 10.3. The van der Waals surface area contributed by atoms with Crippen molar-refractivity contribution in [1.82, 2.24) is 0 Å². The molecule has 0 bridgehead atoms. The molecular weight excluding hydrogens is 217 g/mol. The Bertz CT molecular complexity index is 374. The van der Waals surface area contributed by atoms with E-state index in [1.807, 2.05) is 0 Å². The third kappa shape index (κ3) is 2.78. The first-order valence-corrected chi connectivity index (χ1v) is 6.31. The van der Waals surface area contributed by atoms with E-state index in [2.05, 4.69) is 0 Å². The molecule has 2 rings (SSSR count). The van der Waals surface area contributed by atoms with Gasteiger partial charge in [0.25, 0.3) is 0 Å². The molecule has 0 aromatic heterocycles. The van der Waals surface area contributed by atoms with Gasteiger partial charge < -0.3 is 10.5 Å². The van der Waals surface area contributed by atoms with Crippen LogP contribution < -0.4 is 10.5 Å². The lowest BCUT2D eigenvalue weighted by atomic mass is 9.81. The van der Waals surface area contributed by atoms with Gasteiger partial charge in [-0.05, 0) is 24.8 Å². The molecule has 1 saturated carbocycles. The number of benzene rings is 1. The van der Waals surface area contributed by atoms with Crippen LogP contribution in [0.25, 0.3) is 0 Å². The number of rotatable bonds is 3. The van der Waals surface area contributed by atoms with E-state index in [1.165, 1.54) is 44.2 Å². The summed E-state index contributed by atoms with van der Waals surface area (Å²) in [7, 11) is 1.56. The molecule has 0 aliphatic heterocycles. The van der Waals surface area contributed by atoms with Gasteiger partial charge in [-0.1, -0.05) is 25.3 Å². The summed E-state index contributed by atoms with van der Waals surface area (Å²) in [6, 6.07) is 4.59. The maximum absolute atomic E-state index is 13.1. The maximum atomic E-state index is 13.1. The molecule has 0 heterocycles. The number of halogens is 1. The first kappa shape index (κ1) is 12.4. The van der Waals surface area contributed by atoms with Crippen molar-refractivity contribution in [3.8, 4) is 5.75 Å². The van der Waals surface area contributed by atoms with Crippen LogP contribution in [0.15, 0.2) is 18.2 Å². The lowest BCUT2D eigenvalue weighted by molar-refractivity contribution is 0.300. The molecule has 0 saturated heterocycles. The highest BCUT2D eigenvalue weighted by Gasteiger charge is 2.24. The Kier molecular flexibility index (Phi) is 4.00. The first-order valence-electron chi connectivity index (χ1n) is 6.31. The number of ether oxygens (including phenoxy) is 1. The van der Waals surface area contributed by atoms with Crippen molar-refractivity contribution in [2.24, 2.45) is 11.7 Å². The topological polar surface area (TPSA) is 35.2 Å². The third-order valence-corrected chi connectivity index (χ3v) is 3.71. The van der Waals surface area contributed by atoms with Crippen molar-refractivity contribution in [3.05, 3.63) is 29.6 Å². The van der Waals surface area contributed by atoms with Gasteiger partial charge in [-0.25, -0.2) is 4.39 Å². The Morgan fingerprint density at radius 1 is 1.29 bits per heavy atom. The highest BCUT2D eigenvalue weighted by Crippen LogP contribution is 2.36. The highest BCUT2D eigenvalue weighted by atomic mass is 19.1. The molecule has 2 N–H and O–H groups in total. The second kappa shape index (κ2) is 5.50. The molecule has 1 atom stereocenters. The lowest BCUT2D eigenvalue weighted by Gasteiger charge is -2.28. The summed E-state index contributed by atoms with van der Waals surface area (Å²) < 4.78 is 18.3. The maximum Gasteiger partial charge on any atom is 0.126 e. The van der Waals surface area contributed by atoms with Crippen LogP contribution in [0.5, 0.6) is 5.75 Å². The summed E-state index contributed by atoms with van der Waals surface area (Å²) in [4.78, 5) is 0. The van der Waals surface area contributed by atoms with E-state index in [4.69, 9.17) is 10.5 Å². The Morgan fingerprint density at radius 2 is 2.00 bits per heavy atom. The summed E-state index contributed by atoms with van der Waals surface area (Å²) >= 11 is 0. The van der Waals surface area contributed by atoms with Crippen LogP contribution >= 0.6 is 0 Å². The average molecular weight is 237 g/mol. The fourth-order valence-electron chi connectivity index (χ4n) is 2.71. The Balaban J connectivity index is 2.19. The van der Waals surface area contributed by atoms with Gasteiger partial charge in [-0.3, -0.25) is 0 Å². The molecule has 0 radical (unpaired) electrons. The lowest BCUT2D eigenvalue weighted by Crippen LogP contribution is -2.24. The largest absolute Gasteiger partial charge is 0.496 e. The number of nitrogens with two attached hydrogens (primary N) is 1. The van der Waals surface area contributed by atoms with Crippen molar-refractivity contribution in [2.75, 3.05) is 7.11 Å². The van der Waals surface area contributed by atoms with Crippen LogP contribution in [-0.4, -0.2) is 7.11 Å². The van der Waals surface area contributed by atoms with Gasteiger partial charge in [0.2, 0.25) is 0 Å². The second-order valence-corrected chi connectivity index (χ2v) is 4.81. The van der Waals surface area contributed by atoms with Gasteiger partial charge in [-0.2, -0.15) is 0 Å². The van der Waals surface area contributed by atoms with E-state index in [-0.39, 0.29) is 11.9 Å². The average Bonchev–Trinajstić information content (AvgIpc) is 2.39. The molecule has 0 amide bonds. The van der Waals surface area contributed by atoms with E-state index in [0.29, 0.717) is 11.7 Å². The monoisotopic (exact) mass is 237 g/mol. The fraction of sp³-hybridized carbons (Fsp3) is 0.571. The van der Waals surface area contributed by atoms with Crippen LogP contribution in [-0.2, 0) is 0 Å². The molecular formula is C14H20FNO. The van der Waals surface area contributed by atoms with Crippen LogP contribution in [0.2, 0.25) is 0 Å². The summed E-state index contributed by atoms with van der Waals surface area (Å²) in [6.07, 6.45) is 6.15. The quantitative estimate of drug-likeness (QED) is 0.874. The predicted octanol–water partition coefficient (Wildman–Crippen LogP) is 3.41. The van der Waals surface area contributed by atoms with E-state index in [0.717, 1.165) is 5.56 Å². The van der Waals surface area contributed by atoms with Gasteiger partial charge in [0.15, 0.2) is 0 Å². The number of hydrogen-bond donors (Lipinski definition) is 1. The summed E-state index contributed by atoms with van der Waals surface area (Å²) in [5.74, 6) is 0.799.